The molecule has 0 unspecified atom stereocenters. The van der Waals surface area contributed by atoms with Gasteiger partial charge >= 0.3 is 6.03 Å². The van der Waals surface area contributed by atoms with Crippen molar-refractivity contribution in [2.75, 3.05) is 11.9 Å². The summed E-state index contributed by atoms with van der Waals surface area (Å²) in [5.41, 5.74) is 5.31. The predicted octanol–water partition coefficient (Wildman–Crippen LogP) is 5.42. The molecular formula is C27H27N3O2. The van der Waals surface area contributed by atoms with Crippen molar-refractivity contribution >= 4 is 22.6 Å². The molecule has 162 valence electrons. The summed E-state index contributed by atoms with van der Waals surface area (Å²) in [6.07, 6.45) is 0.701. The largest absolute Gasteiger partial charge is 0.322 e. The Morgan fingerprint density at radius 2 is 1.62 bits per heavy atom. The molecule has 0 aliphatic rings. The molecule has 5 nitrogen and oxygen atoms in total. The van der Waals surface area contributed by atoms with Gasteiger partial charge in [-0.25, -0.2) is 4.79 Å². The van der Waals surface area contributed by atoms with Crippen LogP contribution in [0.15, 0.2) is 83.7 Å². The van der Waals surface area contributed by atoms with Crippen molar-refractivity contribution in [1.82, 2.24) is 9.88 Å². The number of hydrogen-bond donors (Lipinski definition) is 2. The Morgan fingerprint density at radius 1 is 0.938 bits per heavy atom. The zero-order valence-electron chi connectivity index (χ0n) is 18.4. The van der Waals surface area contributed by atoms with Crippen molar-refractivity contribution in [1.29, 1.82) is 0 Å². The Bertz CT molecular complexity index is 1280. The number of nitrogens with one attached hydrogen (secondary N) is 2. The van der Waals surface area contributed by atoms with E-state index in [2.05, 4.69) is 16.4 Å². The molecule has 2 N–H and O–H groups in total. The van der Waals surface area contributed by atoms with Crippen LogP contribution in [0, 0.1) is 13.8 Å². The minimum atomic E-state index is -0.230. The number of urea groups is 1. The number of amides is 2. The SMILES string of the molecule is Cc1ccc2cc(CN(CCc3ccccc3)C(=O)Nc3ccccc3)c(=O)[nH]c2c1C. The second-order valence-corrected chi connectivity index (χ2v) is 8.05. The minimum absolute atomic E-state index is 0.163. The summed E-state index contributed by atoms with van der Waals surface area (Å²) in [6, 6.07) is 25.1. The first-order valence-corrected chi connectivity index (χ1v) is 10.8. The molecule has 1 heterocycles. The number of aryl methyl sites for hydroxylation is 2. The second-order valence-electron chi connectivity index (χ2n) is 8.05. The molecule has 0 aliphatic heterocycles. The van der Waals surface area contributed by atoms with Gasteiger partial charge in [0, 0.05) is 17.8 Å². The number of carbonyl (C=O) groups is 1. The van der Waals surface area contributed by atoms with Crippen molar-refractivity contribution in [3.8, 4) is 0 Å². The lowest BCUT2D eigenvalue weighted by atomic mass is 10.0. The van der Waals surface area contributed by atoms with Crippen LogP contribution < -0.4 is 10.9 Å². The topological polar surface area (TPSA) is 65.2 Å². The molecule has 0 saturated carbocycles. The molecule has 0 aliphatic carbocycles. The molecule has 32 heavy (non-hydrogen) atoms. The molecule has 0 atom stereocenters. The number of aromatic nitrogens is 1. The monoisotopic (exact) mass is 425 g/mol. The molecule has 5 heteroatoms. The number of rotatable bonds is 6. The summed E-state index contributed by atoms with van der Waals surface area (Å²) in [5.74, 6) is 0. The van der Waals surface area contributed by atoms with Crippen LogP contribution in [0.5, 0.6) is 0 Å². The van der Waals surface area contributed by atoms with E-state index in [9.17, 15) is 9.59 Å². The van der Waals surface area contributed by atoms with E-state index in [-0.39, 0.29) is 18.1 Å². The van der Waals surface area contributed by atoms with Crippen LogP contribution in [0.1, 0.15) is 22.3 Å². The Balaban J connectivity index is 1.61. The van der Waals surface area contributed by atoms with Crippen molar-refractivity contribution in [3.63, 3.8) is 0 Å². The standard InChI is InChI=1S/C27H27N3O2/c1-19-13-14-22-17-23(26(31)29-25(22)20(19)2)18-30(16-15-21-9-5-3-6-10-21)27(32)28-24-11-7-4-8-12-24/h3-14,17H,15-16,18H2,1-2H3,(H,28,32)(H,29,31). The van der Waals surface area contributed by atoms with E-state index in [1.54, 1.807) is 4.90 Å². The third-order valence-corrected chi connectivity index (χ3v) is 5.81. The summed E-state index contributed by atoms with van der Waals surface area (Å²) in [4.78, 5) is 30.7. The number of para-hydroxylation sites is 1. The van der Waals surface area contributed by atoms with Crippen molar-refractivity contribution in [2.45, 2.75) is 26.8 Å². The predicted molar refractivity (Wildman–Crippen MR) is 130 cm³/mol. The normalized spacial score (nSPS) is 10.8. The molecule has 3 aromatic carbocycles. The third-order valence-electron chi connectivity index (χ3n) is 5.81. The van der Waals surface area contributed by atoms with Crippen LogP contribution in [-0.4, -0.2) is 22.5 Å². The smallest absolute Gasteiger partial charge is 0.321 e. The highest BCUT2D eigenvalue weighted by atomic mass is 16.2. The minimum Gasteiger partial charge on any atom is -0.321 e. The maximum atomic E-state index is 13.1. The molecule has 0 saturated heterocycles. The molecule has 0 fully saturated rings. The van der Waals surface area contributed by atoms with Gasteiger partial charge in [-0.2, -0.15) is 0 Å². The van der Waals surface area contributed by atoms with Gasteiger partial charge < -0.3 is 15.2 Å². The van der Waals surface area contributed by atoms with Crippen molar-refractivity contribution in [3.05, 3.63) is 111 Å². The highest BCUT2D eigenvalue weighted by Gasteiger charge is 2.17. The first-order valence-electron chi connectivity index (χ1n) is 10.8. The van der Waals surface area contributed by atoms with Crippen molar-refractivity contribution < 1.29 is 4.79 Å². The maximum Gasteiger partial charge on any atom is 0.322 e. The quantitative estimate of drug-likeness (QED) is 0.433. The maximum absolute atomic E-state index is 13.1. The average molecular weight is 426 g/mol. The van der Waals surface area contributed by atoms with Gasteiger partial charge in [-0.3, -0.25) is 4.79 Å². The molecule has 0 radical (unpaired) electrons. The summed E-state index contributed by atoms with van der Waals surface area (Å²) in [7, 11) is 0. The van der Waals surface area contributed by atoms with Crippen LogP contribution in [0.2, 0.25) is 0 Å². The lowest BCUT2D eigenvalue weighted by Gasteiger charge is -2.23. The van der Waals surface area contributed by atoms with Crippen molar-refractivity contribution in [2.24, 2.45) is 0 Å². The molecule has 0 spiro atoms. The number of carbonyl (C=O) groups excluding carboxylic acids is 1. The molecule has 4 rings (SSSR count). The first-order chi connectivity index (χ1) is 15.5. The summed E-state index contributed by atoms with van der Waals surface area (Å²) in [6.45, 7) is 4.75. The zero-order chi connectivity index (χ0) is 22.5. The van der Waals surface area contributed by atoms with Gasteiger partial charge in [-0.15, -0.1) is 0 Å². The van der Waals surface area contributed by atoms with Gasteiger partial charge in [-0.05, 0) is 60.5 Å². The van der Waals surface area contributed by atoms with Crippen LogP contribution in [0.3, 0.4) is 0 Å². The van der Waals surface area contributed by atoms with Crippen LogP contribution in [0.25, 0.3) is 10.9 Å². The van der Waals surface area contributed by atoms with Gasteiger partial charge in [0.2, 0.25) is 0 Å². The zero-order valence-corrected chi connectivity index (χ0v) is 18.4. The number of fused-ring (bicyclic) bond motifs is 1. The summed E-state index contributed by atoms with van der Waals surface area (Å²) < 4.78 is 0. The molecule has 1 aromatic heterocycles. The first kappa shape index (κ1) is 21.4. The van der Waals surface area contributed by atoms with E-state index in [0.717, 1.165) is 33.3 Å². The Morgan fingerprint density at radius 3 is 2.34 bits per heavy atom. The summed E-state index contributed by atoms with van der Waals surface area (Å²) >= 11 is 0. The fraction of sp³-hybridized carbons (Fsp3) is 0.185. The number of H-pyrrole nitrogens is 1. The lowest BCUT2D eigenvalue weighted by molar-refractivity contribution is 0.209. The Hall–Kier alpha value is -3.86. The summed E-state index contributed by atoms with van der Waals surface area (Å²) in [5, 5.41) is 3.91. The van der Waals surface area contributed by atoms with E-state index in [0.29, 0.717) is 18.5 Å². The second kappa shape index (κ2) is 9.52. The highest BCUT2D eigenvalue weighted by Crippen LogP contribution is 2.20. The van der Waals surface area contributed by atoms with Gasteiger partial charge in [0.25, 0.3) is 5.56 Å². The number of hydrogen-bond acceptors (Lipinski definition) is 2. The van der Waals surface area contributed by atoms with Gasteiger partial charge in [0.05, 0.1) is 12.1 Å². The highest BCUT2D eigenvalue weighted by molar-refractivity contribution is 5.89. The van der Waals surface area contributed by atoms with E-state index in [4.69, 9.17) is 0 Å². The molecule has 2 amide bonds. The number of benzene rings is 3. The molecule has 4 aromatic rings. The van der Waals surface area contributed by atoms with E-state index < -0.39 is 0 Å². The number of aromatic amines is 1. The van der Waals surface area contributed by atoms with Crippen LogP contribution >= 0.6 is 0 Å². The fourth-order valence-corrected chi connectivity index (χ4v) is 3.78. The number of anilines is 1. The van der Waals surface area contributed by atoms with E-state index >= 15 is 0 Å². The Labute approximate surface area is 187 Å². The molecule has 0 bridgehead atoms. The van der Waals surface area contributed by atoms with Gasteiger partial charge in [-0.1, -0.05) is 60.7 Å². The van der Waals surface area contributed by atoms with Gasteiger partial charge in [0.15, 0.2) is 0 Å². The Kier molecular flexibility index (Phi) is 6.36. The van der Waals surface area contributed by atoms with Crippen LogP contribution in [-0.2, 0) is 13.0 Å². The lowest BCUT2D eigenvalue weighted by Crippen LogP contribution is -2.37. The number of pyridine rings is 1. The average Bonchev–Trinajstić information content (AvgIpc) is 2.81. The number of nitrogens with zero attached hydrogens (tertiary/aromatic N) is 1. The van der Waals surface area contributed by atoms with E-state index in [1.807, 2.05) is 86.6 Å². The van der Waals surface area contributed by atoms with Crippen LogP contribution in [0.4, 0.5) is 10.5 Å². The third kappa shape index (κ3) is 4.89. The molecular weight excluding hydrogens is 398 g/mol. The van der Waals surface area contributed by atoms with Gasteiger partial charge in [0.1, 0.15) is 0 Å². The van der Waals surface area contributed by atoms with E-state index in [1.165, 1.54) is 0 Å². The fourth-order valence-electron chi connectivity index (χ4n) is 3.78.